The number of carbonyl (C=O) groups excluding carboxylic acids is 2. The maximum Gasteiger partial charge on any atom is 0.319 e. The number of benzene rings is 1. The summed E-state index contributed by atoms with van der Waals surface area (Å²) in [6.45, 7) is 0.575. The van der Waals surface area contributed by atoms with Crippen molar-refractivity contribution in [3.8, 4) is 5.75 Å². The van der Waals surface area contributed by atoms with Crippen molar-refractivity contribution in [2.24, 2.45) is 0 Å². The smallest absolute Gasteiger partial charge is 0.319 e. The fourth-order valence-electron chi connectivity index (χ4n) is 3.41. The zero-order valence-electron chi connectivity index (χ0n) is 14.6. The summed E-state index contributed by atoms with van der Waals surface area (Å²) in [5.41, 5.74) is 3.93. The Morgan fingerprint density at radius 2 is 2.15 bits per heavy atom. The number of urea groups is 1. The van der Waals surface area contributed by atoms with Crippen LogP contribution in [0, 0.1) is 0 Å². The number of nitrogens with zero attached hydrogens (tertiary/aromatic N) is 1. The van der Waals surface area contributed by atoms with Crippen LogP contribution in [0.1, 0.15) is 28.8 Å². The maximum absolute atomic E-state index is 12.3. The summed E-state index contributed by atoms with van der Waals surface area (Å²) in [6, 6.07) is 5.03. The molecule has 3 amide bonds. The zero-order chi connectivity index (χ0) is 18.1. The van der Waals surface area contributed by atoms with Crippen LogP contribution in [0.4, 0.5) is 16.2 Å². The molecular weight excluding hydrogens is 350 g/mol. The minimum atomic E-state index is -0.258. The van der Waals surface area contributed by atoms with Gasteiger partial charge in [-0.2, -0.15) is 0 Å². The van der Waals surface area contributed by atoms with Crippen LogP contribution in [-0.2, 0) is 24.2 Å². The zero-order valence-corrected chi connectivity index (χ0v) is 15.4. The van der Waals surface area contributed by atoms with Crippen LogP contribution < -0.4 is 20.3 Å². The summed E-state index contributed by atoms with van der Waals surface area (Å²) < 4.78 is 5.40. The molecule has 1 aromatic heterocycles. The number of hydrogen-bond acceptors (Lipinski definition) is 4. The molecule has 0 saturated carbocycles. The molecule has 6 nitrogen and oxygen atoms in total. The van der Waals surface area contributed by atoms with Crippen molar-refractivity contribution >= 4 is 34.6 Å². The molecule has 1 aromatic carbocycles. The third-order valence-corrected chi connectivity index (χ3v) is 6.03. The number of fused-ring (bicyclic) bond motifs is 2. The van der Waals surface area contributed by atoms with E-state index in [2.05, 4.69) is 16.0 Å². The predicted molar refractivity (Wildman–Crippen MR) is 102 cm³/mol. The minimum absolute atomic E-state index is 0.0434. The number of aryl methyl sites for hydroxylation is 1. The van der Waals surface area contributed by atoms with Crippen LogP contribution in [0.3, 0.4) is 0 Å². The van der Waals surface area contributed by atoms with Gasteiger partial charge in [0.15, 0.2) is 6.61 Å². The highest BCUT2D eigenvalue weighted by Crippen LogP contribution is 2.33. The van der Waals surface area contributed by atoms with Crippen molar-refractivity contribution in [1.82, 2.24) is 5.32 Å². The van der Waals surface area contributed by atoms with Gasteiger partial charge in [0.05, 0.1) is 5.69 Å². The summed E-state index contributed by atoms with van der Waals surface area (Å²) in [6.07, 6.45) is 4.77. The second-order valence-corrected chi connectivity index (χ2v) is 7.57. The van der Waals surface area contributed by atoms with Crippen LogP contribution in [0.5, 0.6) is 5.75 Å². The highest BCUT2D eigenvalue weighted by atomic mass is 32.1. The number of carbonyl (C=O) groups is 2. The minimum Gasteiger partial charge on any atom is -0.482 e. The third kappa shape index (κ3) is 3.26. The quantitative estimate of drug-likeness (QED) is 0.870. The molecule has 1 aliphatic heterocycles. The van der Waals surface area contributed by atoms with Gasteiger partial charge in [0.1, 0.15) is 5.75 Å². The second-order valence-electron chi connectivity index (χ2n) is 6.60. The van der Waals surface area contributed by atoms with Gasteiger partial charge in [0, 0.05) is 24.2 Å². The highest BCUT2D eigenvalue weighted by molar-refractivity contribution is 7.10. The Balaban J connectivity index is 1.39. The first-order valence-electron chi connectivity index (χ1n) is 8.78. The van der Waals surface area contributed by atoms with Crippen LogP contribution in [0.2, 0.25) is 0 Å². The van der Waals surface area contributed by atoms with Crippen molar-refractivity contribution in [2.45, 2.75) is 32.2 Å². The first-order valence-corrected chi connectivity index (χ1v) is 9.66. The second kappa shape index (κ2) is 6.99. The standard InChI is InChI=1S/C19H21N3O3S/c1-22-15-8-13(6-7-16(15)25-10-18(22)23)21-19(24)20-9-12-11-26-17-5-3-2-4-14(12)17/h6-8,11H,2-5,9-10H2,1H3,(H2,20,21,24). The number of nitrogens with one attached hydrogen (secondary N) is 2. The Morgan fingerprint density at radius 1 is 1.31 bits per heavy atom. The Kier molecular flexibility index (Phi) is 4.55. The lowest BCUT2D eigenvalue weighted by molar-refractivity contribution is -0.120. The van der Waals surface area contributed by atoms with Crippen molar-refractivity contribution in [2.75, 3.05) is 23.9 Å². The normalized spacial score (nSPS) is 15.7. The average molecular weight is 371 g/mol. The van der Waals surface area contributed by atoms with E-state index in [1.807, 2.05) is 0 Å². The molecule has 136 valence electrons. The molecule has 0 bridgehead atoms. The molecule has 0 unspecified atom stereocenters. The van der Waals surface area contributed by atoms with Crippen LogP contribution in [0.25, 0.3) is 0 Å². The highest BCUT2D eigenvalue weighted by Gasteiger charge is 2.22. The Bertz CT molecular complexity index is 862. The number of anilines is 2. The Labute approximate surface area is 156 Å². The molecule has 0 radical (unpaired) electrons. The molecule has 2 aromatic rings. The predicted octanol–water partition coefficient (Wildman–Crippen LogP) is 3.30. The van der Waals surface area contributed by atoms with Gasteiger partial charge in [-0.05, 0) is 60.4 Å². The maximum atomic E-state index is 12.3. The largest absolute Gasteiger partial charge is 0.482 e. The van der Waals surface area contributed by atoms with Gasteiger partial charge in [-0.3, -0.25) is 4.79 Å². The van der Waals surface area contributed by atoms with Crippen LogP contribution in [-0.4, -0.2) is 25.6 Å². The lowest BCUT2D eigenvalue weighted by Crippen LogP contribution is -2.35. The number of thiophene rings is 1. The molecular formula is C19H21N3O3S. The van der Waals surface area contributed by atoms with E-state index < -0.39 is 0 Å². The summed E-state index contributed by atoms with van der Waals surface area (Å²) in [5.74, 6) is 0.532. The molecule has 1 aliphatic carbocycles. The van der Waals surface area contributed by atoms with Gasteiger partial charge in [0.2, 0.25) is 0 Å². The van der Waals surface area contributed by atoms with E-state index in [0.29, 0.717) is 23.7 Å². The molecule has 2 aliphatic rings. The first-order chi connectivity index (χ1) is 12.6. The molecule has 2 heterocycles. The molecule has 0 fully saturated rings. The summed E-state index contributed by atoms with van der Waals surface area (Å²) in [7, 11) is 1.70. The molecule has 26 heavy (non-hydrogen) atoms. The fourth-order valence-corrected chi connectivity index (χ4v) is 4.56. The molecule has 2 N–H and O–H groups in total. The van der Waals surface area contributed by atoms with E-state index in [4.69, 9.17) is 4.74 Å². The lowest BCUT2D eigenvalue weighted by atomic mass is 9.96. The van der Waals surface area contributed by atoms with E-state index >= 15 is 0 Å². The van der Waals surface area contributed by atoms with E-state index in [9.17, 15) is 9.59 Å². The third-order valence-electron chi connectivity index (χ3n) is 4.89. The van der Waals surface area contributed by atoms with Crippen molar-refractivity contribution < 1.29 is 14.3 Å². The number of likely N-dealkylation sites (N-methyl/N-ethyl adjacent to an activating group) is 1. The monoisotopic (exact) mass is 371 g/mol. The lowest BCUT2D eigenvalue weighted by Gasteiger charge is -2.26. The molecule has 0 saturated heterocycles. The van der Waals surface area contributed by atoms with E-state index in [1.165, 1.54) is 28.8 Å². The first kappa shape index (κ1) is 16.9. The topological polar surface area (TPSA) is 70.7 Å². The Morgan fingerprint density at radius 3 is 3.04 bits per heavy atom. The molecule has 0 atom stereocenters. The summed E-state index contributed by atoms with van der Waals surface area (Å²) in [5, 5.41) is 7.92. The van der Waals surface area contributed by atoms with Gasteiger partial charge >= 0.3 is 6.03 Å². The summed E-state index contributed by atoms with van der Waals surface area (Å²) >= 11 is 1.80. The fraction of sp³-hybridized carbons (Fsp3) is 0.368. The number of ether oxygens (including phenoxy) is 1. The number of hydrogen-bond donors (Lipinski definition) is 2. The molecule has 0 spiro atoms. The molecule has 7 heteroatoms. The van der Waals surface area contributed by atoms with E-state index in [1.54, 1.807) is 41.5 Å². The van der Waals surface area contributed by atoms with Gasteiger partial charge < -0.3 is 20.3 Å². The number of rotatable bonds is 3. The van der Waals surface area contributed by atoms with Gasteiger partial charge in [0.25, 0.3) is 5.91 Å². The average Bonchev–Trinajstić information content (AvgIpc) is 3.07. The van der Waals surface area contributed by atoms with Gasteiger partial charge in [-0.25, -0.2) is 4.79 Å². The van der Waals surface area contributed by atoms with Crippen molar-refractivity contribution in [3.05, 3.63) is 39.6 Å². The van der Waals surface area contributed by atoms with Gasteiger partial charge in [-0.1, -0.05) is 0 Å². The van der Waals surface area contributed by atoms with E-state index in [0.717, 1.165) is 12.8 Å². The number of amides is 3. The molecule has 4 rings (SSSR count). The van der Waals surface area contributed by atoms with Crippen LogP contribution >= 0.6 is 11.3 Å². The van der Waals surface area contributed by atoms with Crippen molar-refractivity contribution in [3.63, 3.8) is 0 Å². The summed E-state index contributed by atoms with van der Waals surface area (Å²) in [4.78, 5) is 27.0. The van der Waals surface area contributed by atoms with Crippen LogP contribution in [0.15, 0.2) is 23.6 Å². The SMILES string of the molecule is CN1C(=O)COc2ccc(NC(=O)NCc3csc4c3CCCC4)cc21. The Hall–Kier alpha value is -2.54. The van der Waals surface area contributed by atoms with E-state index in [-0.39, 0.29) is 18.5 Å². The van der Waals surface area contributed by atoms with Crippen molar-refractivity contribution in [1.29, 1.82) is 0 Å². The van der Waals surface area contributed by atoms with Gasteiger partial charge in [-0.15, -0.1) is 11.3 Å².